The maximum atomic E-state index is 13.3. The number of nitrogens with zero attached hydrogens (tertiary/aromatic N) is 2. The summed E-state index contributed by atoms with van der Waals surface area (Å²) in [6.07, 6.45) is 0. The summed E-state index contributed by atoms with van der Waals surface area (Å²) in [5.41, 5.74) is 8.27. The number of hydrogen-bond donors (Lipinski definition) is 1. The standard InChI is InChI=1S/C15H13ClFN3/c16-11-3-1-2-10(6-11)9-20-14-5-4-12(17)7-13(14)19-15(20)8-18/h1-7H,8-9,18H2. The molecule has 0 saturated heterocycles. The van der Waals surface area contributed by atoms with Crippen LogP contribution in [0.5, 0.6) is 0 Å². The minimum absolute atomic E-state index is 0.298. The van der Waals surface area contributed by atoms with Gasteiger partial charge in [0, 0.05) is 17.6 Å². The van der Waals surface area contributed by atoms with Gasteiger partial charge in [0.25, 0.3) is 0 Å². The van der Waals surface area contributed by atoms with Gasteiger partial charge in [0.1, 0.15) is 11.6 Å². The van der Waals surface area contributed by atoms with Crippen LogP contribution in [0.3, 0.4) is 0 Å². The summed E-state index contributed by atoms with van der Waals surface area (Å²) in [4.78, 5) is 4.38. The number of benzene rings is 2. The second-order valence-corrected chi connectivity index (χ2v) is 5.02. The van der Waals surface area contributed by atoms with Crippen LogP contribution in [0, 0.1) is 5.82 Å². The molecule has 0 aliphatic carbocycles. The number of hydrogen-bond acceptors (Lipinski definition) is 2. The first-order chi connectivity index (χ1) is 9.67. The lowest BCUT2D eigenvalue weighted by atomic mass is 10.2. The van der Waals surface area contributed by atoms with E-state index in [0.717, 1.165) is 16.9 Å². The Hall–Kier alpha value is -1.91. The van der Waals surface area contributed by atoms with Crippen LogP contribution in [0.1, 0.15) is 11.4 Å². The molecule has 0 saturated carbocycles. The summed E-state index contributed by atoms with van der Waals surface area (Å²) in [5, 5.41) is 0.687. The summed E-state index contributed by atoms with van der Waals surface area (Å²) in [5.74, 6) is 0.430. The van der Waals surface area contributed by atoms with Crippen LogP contribution in [-0.4, -0.2) is 9.55 Å². The van der Waals surface area contributed by atoms with Crippen LogP contribution in [0.25, 0.3) is 11.0 Å². The Kier molecular flexibility index (Phi) is 3.42. The molecule has 3 rings (SSSR count). The van der Waals surface area contributed by atoms with E-state index >= 15 is 0 Å². The smallest absolute Gasteiger partial charge is 0.125 e. The highest BCUT2D eigenvalue weighted by atomic mass is 35.5. The van der Waals surface area contributed by atoms with E-state index in [0.29, 0.717) is 23.6 Å². The zero-order chi connectivity index (χ0) is 14.1. The molecule has 0 radical (unpaired) electrons. The second-order valence-electron chi connectivity index (χ2n) is 4.58. The van der Waals surface area contributed by atoms with Crippen molar-refractivity contribution in [3.63, 3.8) is 0 Å². The molecule has 0 atom stereocenters. The monoisotopic (exact) mass is 289 g/mol. The van der Waals surface area contributed by atoms with Gasteiger partial charge in [-0.15, -0.1) is 0 Å². The first-order valence-corrected chi connectivity index (χ1v) is 6.64. The molecule has 0 spiro atoms. The van der Waals surface area contributed by atoms with Crippen molar-refractivity contribution in [1.82, 2.24) is 9.55 Å². The summed E-state index contributed by atoms with van der Waals surface area (Å²) in [6, 6.07) is 12.2. The highest BCUT2D eigenvalue weighted by molar-refractivity contribution is 6.30. The molecule has 1 aromatic heterocycles. The number of aromatic nitrogens is 2. The third kappa shape index (κ3) is 2.40. The van der Waals surface area contributed by atoms with E-state index < -0.39 is 0 Å². The van der Waals surface area contributed by atoms with Crippen LogP contribution >= 0.6 is 11.6 Å². The fourth-order valence-corrected chi connectivity index (χ4v) is 2.52. The van der Waals surface area contributed by atoms with Crippen LogP contribution < -0.4 is 5.73 Å². The highest BCUT2D eigenvalue weighted by Crippen LogP contribution is 2.20. The Morgan fingerprint density at radius 1 is 1.20 bits per heavy atom. The highest BCUT2D eigenvalue weighted by Gasteiger charge is 2.10. The SMILES string of the molecule is NCc1nc2cc(F)ccc2n1Cc1cccc(Cl)c1. The molecule has 0 amide bonds. The molecule has 5 heteroatoms. The molecule has 0 aliphatic heterocycles. The summed E-state index contributed by atoms with van der Waals surface area (Å²) >= 11 is 6.00. The van der Waals surface area contributed by atoms with Crippen molar-refractivity contribution in [2.45, 2.75) is 13.1 Å². The van der Waals surface area contributed by atoms with Gasteiger partial charge in [-0.05, 0) is 29.8 Å². The molecule has 2 N–H and O–H groups in total. The van der Waals surface area contributed by atoms with Gasteiger partial charge in [0.2, 0.25) is 0 Å². The van der Waals surface area contributed by atoms with Crippen molar-refractivity contribution in [1.29, 1.82) is 0 Å². The first-order valence-electron chi connectivity index (χ1n) is 6.26. The van der Waals surface area contributed by atoms with Crippen molar-refractivity contribution >= 4 is 22.6 Å². The topological polar surface area (TPSA) is 43.8 Å². The zero-order valence-electron chi connectivity index (χ0n) is 10.7. The Balaban J connectivity index is 2.10. The van der Waals surface area contributed by atoms with E-state index in [2.05, 4.69) is 4.98 Å². The van der Waals surface area contributed by atoms with Crippen molar-refractivity contribution < 1.29 is 4.39 Å². The van der Waals surface area contributed by atoms with Crippen molar-refractivity contribution in [2.24, 2.45) is 5.73 Å². The van der Waals surface area contributed by atoms with E-state index in [4.69, 9.17) is 17.3 Å². The van der Waals surface area contributed by atoms with E-state index in [-0.39, 0.29) is 5.82 Å². The van der Waals surface area contributed by atoms with E-state index in [1.165, 1.54) is 12.1 Å². The number of imidazole rings is 1. The van der Waals surface area contributed by atoms with Gasteiger partial charge in [0.05, 0.1) is 17.6 Å². The number of nitrogens with two attached hydrogens (primary N) is 1. The average Bonchev–Trinajstić information content (AvgIpc) is 2.76. The molecule has 102 valence electrons. The molecule has 3 nitrogen and oxygen atoms in total. The fraction of sp³-hybridized carbons (Fsp3) is 0.133. The number of rotatable bonds is 3. The van der Waals surface area contributed by atoms with Crippen molar-refractivity contribution in [2.75, 3.05) is 0 Å². The van der Waals surface area contributed by atoms with Crippen molar-refractivity contribution in [3.05, 3.63) is 64.7 Å². The zero-order valence-corrected chi connectivity index (χ0v) is 11.4. The number of halogens is 2. The van der Waals surface area contributed by atoms with Crippen LogP contribution in [0.4, 0.5) is 4.39 Å². The maximum Gasteiger partial charge on any atom is 0.125 e. The Morgan fingerprint density at radius 3 is 2.80 bits per heavy atom. The molecule has 1 heterocycles. The lowest BCUT2D eigenvalue weighted by Crippen LogP contribution is -2.09. The molecular formula is C15H13ClFN3. The van der Waals surface area contributed by atoms with Gasteiger partial charge < -0.3 is 10.3 Å². The molecule has 0 fully saturated rings. The van der Waals surface area contributed by atoms with Gasteiger partial charge in [0.15, 0.2) is 0 Å². The normalized spacial score (nSPS) is 11.2. The predicted octanol–water partition coefficient (Wildman–Crippen LogP) is 3.34. The Labute approximate surface area is 120 Å². The lowest BCUT2D eigenvalue weighted by molar-refractivity contribution is 0.629. The van der Waals surface area contributed by atoms with Crippen LogP contribution in [0.2, 0.25) is 5.02 Å². The first kappa shape index (κ1) is 13.1. The third-order valence-electron chi connectivity index (χ3n) is 3.20. The van der Waals surface area contributed by atoms with E-state index in [9.17, 15) is 4.39 Å². The predicted molar refractivity (Wildman–Crippen MR) is 78.1 cm³/mol. The van der Waals surface area contributed by atoms with Gasteiger partial charge in [-0.3, -0.25) is 0 Å². The van der Waals surface area contributed by atoms with Gasteiger partial charge in [-0.1, -0.05) is 23.7 Å². The quantitative estimate of drug-likeness (QED) is 0.804. The fourth-order valence-electron chi connectivity index (χ4n) is 2.30. The lowest BCUT2D eigenvalue weighted by Gasteiger charge is -2.08. The van der Waals surface area contributed by atoms with Gasteiger partial charge >= 0.3 is 0 Å². The summed E-state index contributed by atoms with van der Waals surface area (Å²) in [6.45, 7) is 0.909. The Morgan fingerprint density at radius 2 is 2.05 bits per heavy atom. The molecule has 2 aromatic carbocycles. The minimum Gasteiger partial charge on any atom is -0.324 e. The Bertz CT molecular complexity index is 767. The largest absolute Gasteiger partial charge is 0.324 e. The maximum absolute atomic E-state index is 13.3. The van der Waals surface area contributed by atoms with Crippen LogP contribution in [-0.2, 0) is 13.1 Å². The molecule has 20 heavy (non-hydrogen) atoms. The van der Waals surface area contributed by atoms with Gasteiger partial charge in [-0.25, -0.2) is 9.37 Å². The van der Waals surface area contributed by atoms with Crippen LogP contribution in [0.15, 0.2) is 42.5 Å². The summed E-state index contributed by atoms with van der Waals surface area (Å²) < 4.78 is 15.2. The third-order valence-corrected chi connectivity index (χ3v) is 3.44. The average molecular weight is 290 g/mol. The molecule has 0 aliphatic rings. The summed E-state index contributed by atoms with van der Waals surface area (Å²) in [7, 11) is 0. The molecule has 0 unspecified atom stereocenters. The van der Waals surface area contributed by atoms with Gasteiger partial charge in [-0.2, -0.15) is 0 Å². The van der Waals surface area contributed by atoms with E-state index in [1.54, 1.807) is 6.07 Å². The molecule has 3 aromatic rings. The second kappa shape index (κ2) is 5.23. The number of fused-ring (bicyclic) bond motifs is 1. The molecule has 0 bridgehead atoms. The van der Waals surface area contributed by atoms with Crippen molar-refractivity contribution in [3.8, 4) is 0 Å². The van der Waals surface area contributed by atoms with E-state index in [1.807, 2.05) is 28.8 Å². The molecular weight excluding hydrogens is 277 g/mol. The minimum atomic E-state index is -0.298.